The number of methoxy groups -OCH3 is 1. The van der Waals surface area contributed by atoms with E-state index in [0.717, 1.165) is 33.4 Å². The number of rotatable bonds is 7. The summed E-state index contributed by atoms with van der Waals surface area (Å²) in [4.78, 5) is 17.6. The Hall–Kier alpha value is -3.25. The predicted octanol–water partition coefficient (Wildman–Crippen LogP) is 5.61. The summed E-state index contributed by atoms with van der Waals surface area (Å²) in [6.07, 6.45) is 3.45. The molecule has 0 aliphatic heterocycles. The SMILES string of the molecule is COc1ccc2cc(Cc3cnc(NC(=O)CCc4ccc(F)cc4)s3)ccc2c1. The molecule has 1 N–H and O–H groups in total. The largest absolute Gasteiger partial charge is 0.497 e. The topological polar surface area (TPSA) is 51.2 Å². The Balaban J connectivity index is 1.35. The van der Waals surface area contributed by atoms with Crippen molar-refractivity contribution in [2.75, 3.05) is 12.4 Å². The van der Waals surface area contributed by atoms with Crippen molar-refractivity contribution >= 4 is 33.1 Å². The maximum atomic E-state index is 12.9. The Bertz CT molecular complexity index is 1170. The maximum Gasteiger partial charge on any atom is 0.226 e. The van der Waals surface area contributed by atoms with Crippen LogP contribution in [0.25, 0.3) is 10.8 Å². The molecule has 4 rings (SSSR count). The zero-order chi connectivity index (χ0) is 20.9. The van der Waals surface area contributed by atoms with Crippen molar-refractivity contribution in [3.05, 3.63) is 88.7 Å². The number of benzene rings is 3. The van der Waals surface area contributed by atoms with E-state index in [1.165, 1.54) is 29.0 Å². The van der Waals surface area contributed by atoms with Crippen LogP contribution in [0.3, 0.4) is 0 Å². The number of carbonyl (C=O) groups excluding carboxylic acids is 1. The van der Waals surface area contributed by atoms with Gasteiger partial charge in [0.05, 0.1) is 7.11 Å². The van der Waals surface area contributed by atoms with Crippen LogP contribution in [0.15, 0.2) is 66.9 Å². The highest BCUT2D eigenvalue weighted by Gasteiger charge is 2.09. The first-order valence-corrected chi connectivity index (χ1v) is 10.5. The minimum Gasteiger partial charge on any atom is -0.497 e. The highest BCUT2D eigenvalue weighted by molar-refractivity contribution is 7.15. The number of thiazole rings is 1. The van der Waals surface area contributed by atoms with E-state index in [4.69, 9.17) is 4.74 Å². The van der Waals surface area contributed by atoms with Crippen molar-refractivity contribution in [1.29, 1.82) is 0 Å². The first-order chi connectivity index (χ1) is 14.6. The van der Waals surface area contributed by atoms with E-state index in [1.54, 1.807) is 25.4 Å². The summed E-state index contributed by atoms with van der Waals surface area (Å²) >= 11 is 1.48. The molecule has 30 heavy (non-hydrogen) atoms. The lowest BCUT2D eigenvalue weighted by Gasteiger charge is -2.05. The average Bonchev–Trinajstić information content (AvgIpc) is 3.19. The number of hydrogen-bond donors (Lipinski definition) is 1. The molecular formula is C24H21FN2O2S. The van der Waals surface area contributed by atoms with Crippen molar-refractivity contribution < 1.29 is 13.9 Å². The summed E-state index contributed by atoms with van der Waals surface area (Å²) in [6.45, 7) is 0. The average molecular weight is 421 g/mol. The summed E-state index contributed by atoms with van der Waals surface area (Å²) in [5.41, 5.74) is 2.12. The molecule has 0 radical (unpaired) electrons. The summed E-state index contributed by atoms with van der Waals surface area (Å²) in [6, 6.07) is 18.6. The van der Waals surface area contributed by atoms with Crippen LogP contribution in [0.5, 0.6) is 5.75 Å². The second kappa shape index (κ2) is 9.05. The summed E-state index contributed by atoms with van der Waals surface area (Å²) in [7, 11) is 1.67. The number of halogens is 1. The molecule has 152 valence electrons. The molecule has 0 atom stereocenters. The van der Waals surface area contributed by atoms with Crippen LogP contribution in [0.4, 0.5) is 9.52 Å². The minimum absolute atomic E-state index is 0.0973. The predicted molar refractivity (Wildman–Crippen MR) is 119 cm³/mol. The van der Waals surface area contributed by atoms with Crippen molar-refractivity contribution in [1.82, 2.24) is 4.98 Å². The van der Waals surface area contributed by atoms with Crippen LogP contribution in [0, 0.1) is 5.82 Å². The number of anilines is 1. The number of carbonyl (C=O) groups is 1. The fourth-order valence-electron chi connectivity index (χ4n) is 3.25. The third kappa shape index (κ3) is 5.02. The van der Waals surface area contributed by atoms with E-state index in [-0.39, 0.29) is 11.7 Å². The van der Waals surface area contributed by atoms with Gasteiger partial charge in [-0.25, -0.2) is 9.37 Å². The van der Waals surface area contributed by atoms with Crippen LogP contribution in [-0.4, -0.2) is 18.0 Å². The lowest BCUT2D eigenvalue weighted by molar-refractivity contribution is -0.116. The van der Waals surface area contributed by atoms with E-state index in [2.05, 4.69) is 34.6 Å². The molecule has 0 saturated carbocycles. The van der Waals surface area contributed by atoms with Crippen LogP contribution in [0.1, 0.15) is 22.4 Å². The molecule has 6 heteroatoms. The molecule has 3 aromatic carbocycles. The van der Waals surface area contributed by atoms with Gasteiger partial charge >= 0.3 is 0 Å². The normalized spacial score (nSPS) is 10.9. The zero-order valence-corrected chi connectivity index (χ0v) is 17.3. The van der Waals surface area contributed by atoms with Crippen molar-refractivity contribution in [3.8, 4) is 5.75 Å². The van der Waals surface area contributed by atoms with Crippen molar-refractivity contribution in [3.63, 3.8) is 0 Å². The number of hydrogen-bond acceptors (Lipinski definition) is 4. The van der Waals surface area contributed by atoms with E-state index < -0.39 is 0 Å². The Labute approximate surface area is 178 Å². The van der Waals surface area contributed by atoms with Crippen molar-refractivity contribution in [2.45, 2.75) is 19.3 Å². The molecule has 0 aliphatic rings. The first kappa shape index (κ1) is 20.0. The van der Waals surface area contributed by atoms with Gasteiger partial charge in [-0.15, -0.1) is 11.3 Å². The maximum absolute atomic E-state index is 12.9. The van der Waals surface area contributed by atoms with Gasteiger partial charge in [-0.2, -0.15) is 0 Å². The quantitative estimate of drug-likeness (QED) is 0.423. The van der Waals surface area contributed by atoms with Gasteiger partial charge in [-0.1, -0.05) is 36.4 Å². The molecule has 0 spiro atoms. The number of aryl methyl sites for hydroxylation is 1. The van der Waals surface area contributed by atoms with E-state index in [0.29, 0.717) is 18.0 Å². The molecule has 4 nitrogen and oxygen atoms in total. The fraction of sp³-hybridized carbons (Fsp3) is 0.167. The van der Waals surface area contributed by atoms with Crippen LogP contribution < -0.4 is 10.1 Å². The van der Waals surface area contributed by atoms with E-state index >= 15 is 0 Å². The Morgan fingerprint density at radius 3 is 2.57 bits per heavy atom. The first-order valence-electron chi connectivity index (χ1n) is 9.65. The molecule has 1 heterocycles. The molecular weight excluding hydrogens is 399 g/mol. The molecule has 0 aliphatic carbocycles. The van der Waals surface area contributed by atoms with Crippen LogP contribution >= 0.6 is 11.3 Å². The smallest absolute Gasteiger partial charge is 0.226 e. The van der Waals surface area contributed by atoms with E-state index in [1.807, 2.05) is 12.1 Å². The van der Waals surface area contributed by atoms with Crippen LogP contribution in [0.2, 0.25) is 0 Å². The monoisotopic (exact) mass is 420 g/mol. The molecule has 0 bridgehead atoms. The van der Waals surface area contributed by atoms with Gasteiger partial charge < -0.3 is 10.1 Å². The highest BCUT2D eigenvalue weighted by atomic mass is 32.1. The summed E-state index contributed by atoms with van der Waals surface area (Å²) in [5.74, 6) is 0.474. The molecule has 1 amide bonds. The second-order valence-electron chi connectivity index (χ2n) is 7.03. The zero-order valence-electron chi connectivity index (χ0n) is 16.5. The minimum atomic E-state index is -0.273. The standard InChI is InChI=1S/C24H21FN2O2S/c1-29-21-10-7-18-12-17(2-6-19(18)14-21)13-22-15-26-24(30-22)27-23(28)11-5-16-3-8-20(25)9-4-16/h2-4,6-10,12,14-15H,5,11,13H2,1H3,(H,26,27,28). The third-order valence-corrected chi connectivity index (χ3v) is 5.76. The van der Waals surface area contributed by atoms with Gasteiger partial charge in [0.1, 0.15) is 11.6 Å². The number of nitrogens with one attached hydrogen (secondary N) is 1. The second-order valence-corrected chi connectivity index (χ2v) is 8.15. The van der Waals surface area contributed by atoms with Gasteiger partial charge in [-0.05, 0) is 52.6 Å². The lowest BCUT2D eigenvalue weighted by Crippen LogP contribution is -2.11. The van der Waals surface area contributed by atoms with E-state index in [9.17, 15) is 9.18 Å². The van der Waals surface area contributed by atoms with Gasteiger partial charge in [-0.3, -0.25) is 4.79 Å². The molecule has 0 fully saturated rings. The number of fused-ring (bicyclic) bond motifs is 1. The number of nitrogens with zero attached hydrogens (tertiary/aromatic N) is 1. The number of ether oxygens (including phenoxy) is 1. The molecule has 0 unspecified atom stereocenters. The number of amides is 1. The van der Waals surface area contributed by atoms with Crippen LogP contribution in [-0.2, 0) is 17.6 Å². The summed E-state index contributed by atoms with van der Waals surface area (Å²) < 4.78 is 18.2. The third-order valence-electron chi connectivity index (χ3n) is 4.84. The highest BCUT2D eigenvalue weighted by Crippen LogP contribution is 2.25. The van der Waals surface area contributed by atoms with Gasteiger partial charge in [0.25, 0.3) is 0 Å². The lowest BCUT2D eigenvalue weighted by atomic mass is 10.0. The molecule has 1 aromatic heterocycles. The molecule has 4 aromatic rings. The summed E-state index contributed by atoms with van der Waals surface area (Å²) in [5, 5.41) is 5.74. The fourth-order valence-corrected chi connectivity index (χ4v) is 4.11. The Kier molecular flexibility index (Phi) is 6.05. The Morgan fingerprint density at radius 1 is 1.03 bits per heavy atom. The van der Waals surface area contributed by atoms with Crippen molar-refractivity contribution in [2.24, 2.45) is 0 Å². The number of aromatic nitrogens is 1. The Morgan fingerprint density at radius 2 is 1.77 bits per heavy atom. The van der Waals surface area contributed by atoms with Gasteiger partial charge in [0.15, 0.2) is 5.13 Å². The van der Waals surface area contributed by atoms with Gasteiger partial charge in [0.2, 0.25) is 5.91 Å². The van der Waals surface area contributed by atoms with Gasteiger partial charge in [0, 0.05) is 23.9 Å². The molecule has 0 saturated heterocycles.